The second-order valence-corrected chi connectivity index (χ2v) is 6.71. The van der Waals surface area contributed by atoms with E-state index in [4.69, 9.17) is 4.84 Å². The molecule has 0 unspecified atom stereocenters. The molecule has 0 saturated carbocycles. The zero-order valence-corrected chi connectivity index (χ0v) is 15.6. The first-order valence-corrected chi connectivity index (χ1v) is 8.85. The molecule has 0 aliphatic heterocycles. The van der Waals surface area contributed by atoms with Crippen molar-refractivity contribution in [2.75, 3.05) is 0 Å². The SMILES string of the molecule is CC1=CC(=O)C(C(C)C)=C/C1=N\OC(=O)c1ccccc1-c1ccccc1. The molecule has 0 atom stereocenters. The van der Waals surface area contributed by atoms with Crippen molar-refractivity contribution in [1.82, 2.24) is 0 Å². The third kappa shape index (κ3) is 4.11. The van der Waals surface area contributed by atoms with Crippen LogP contribution in [0.25, 0.3) is 11.1 Å². The highest BCUT2D eigenvalue weighted by atomic mass is 16.7. The summed E-state index contributed by atoms with van der Waals surface area (Å²) >= 11 is 0. The van der Waals surface area contributed by atoms with Gasteiger partial charge in [-0.1, -0.05) is 67.5 Å². The van der Waals surface area contributed by atoms with Crippen LogP contribution in [0.4, 0.5) is 0 Å². The highest BCUT2D eigenvalue weighted by Crippen LogP contribution is 2.24. The summed E-state index contributed by atoms with van der Waals surface area (Å²) in [5.41, 5.74) is 3.97. The second kappa shape index (κ2) is 7.96. The van der Waals surface area contributed by atoms with E-state index in [-0.39, 0.29) is 11.7 Å². The molecule has 0 bridgehead atoms. The number of oxime groups is 1. The molecule has 0 N–H and O–H groups in total. The first-order chi connectivity index (χ1) is 13.0. The zero-order chi connectivity index (χ0) is 19.4. The molecule has 0 saturated heterocycles. The van der Waals surface area contributed by atoms with E-state index in [1.807, 2.05) is 56.3 Å². The topological polar surface area (TPSA) is 55.7 Å². The van der Waals surface area contributed by atoms with Crippen LogP contribution in [0.2, 0.25) is 0 Å². The van der Waals surface area contributed by atoms with Crippen LogP contribution in [-0.2, 0) is 9.63 Å². The molecule has 0 heterocycles. The highest BCUT2D eigenvalue weighted by molar-refractivity contribution is 6.21. The molecule has 0 amide bonds. The van der Waals surface area contributed by atoms with Crippen molar-refractivity contribution in [3.8, 4) is 11.1 Å². The van der Waals surface area contributed by atoms with Gasteiger partial charge in [0.1, 0.15) is 5.71 Å². The van der Waals surface area contributed by atoms with Gasteiger partial charge in [0.25, 0.3) is 0 Å². The van der Waals surface area contributed by atoms with Crippen LogP contribution in [0.3, 0.4) is 0 Å². The van der Waals surface area contributed by atoms with Crippen LogP contribution in [0.5, 0.6) is 0 Å². The van der Waals surface area contributed by atoms with Gasteiger partial charge in [-0.25, -0.2) is 4.79 Å². The molecule has 0 spiro atoms. The van der Waals surface area contributed by atoms with Crippen LogP contribution in [0.15, 0.2) is 83.1 Å². The predicted octanol–water partition coefficient (Wildman–Crippen LogP) is 4.98. The van der Waals surface area contributed by atoms with Crippen molar-refractivity contribution in [2.24, 2.45) is 11.1 Å². The molecule has 0 radical (unpaired) electrons. The van der Waals surface area contributed by atoms with Crippen molar-refractivity contribution in [3.63, 3.8) is 0 Å². The number of nitrogens with zero attached hydrogens (tertiary/aromatic N) is 1. The molecule has 136 valence electrons. The third-order valence-electron chi connectivity index (χ3n) is 4.41. The van der Waals surface area contributed by atoms with Gasteiger partial charge in [0.05, 0.1) is 5.56 Å². The van der Waals surface area contributed by atoms with Gasteiger partial charge in [-0.2, -0.15) is 0 Å². The number of rotatable bonds is 4. The highest BCUT2D eigenvalue weighted by Gasteiger charge is 2.20. The Hall–Kier alpha value is -3.27. The molecular formula is C23H21NO3. The maximum atomic E-state index is 12.6. The van der Waals surface area contributed by atoms with Gasteiger partial charge in [-0.15, -0.1) is 0 Å². The largest absolute Gasteiger partial charge is 0.366 e. The predicted molar refractivity (Wildman–Crippen MR) is 106 cm³/mol. The molecule has 4 heteroatoms. The summed E-state index contributed by atoms with van der Waals surface area (Å²) < 4.78 is 0. The van der Waals surface area contributed by atoms with Gasteiger partial charge in [-0.3, -0.25) is 4.79 Å². The molecule has 1 aliphatic rings. The Morgan fingerprint density at radius 3 is 2.33 bits per heavy atom. The molecule has 1 aliphatic carbocycles. The molecule has 0 aromatic heterocycles. The van der Waals surface area contributed by atoms with Crippen LogP contribution < -0.4 is 0 Å². The van der Waals surface area contributed by atoms with Crippen molar-refractivity contribution in [2.45, 2.75) is 20.8 Å². The summed E-state index contributed by atoms with van der Waals surface area (Å²) in [7, 11) is 0. The number of hydrogen-bond donors (Lipinski definition) is 0. The number of ketones is 1. The Morgan fingerprint density at radius 1 is 0.963 bits per heavy atom. The Morgan fingerprint density at radius 2 is 1.63 bits per heavy atom. The molecule has 4 nitrogen and oxygen atoms in total. The lowest BCUT2D eigenvalue weighted by molar-refractivity contribution is -0.111. The van der Waals surface area contributed by atoms with E-state index in [1.165, 1.54) is 6.08 Å². The maximum absolute atomic E-state index is 12.6. The maximum Gasteiger partial charge on any atom is 0.366 e. The molecule has 0 fully saturated rings. The van der Waals surface area contributed by atoms with Gasteiger partial charge in [-0.05, 0) is 47.8 Å². The number of carbonyl (C=O) groups is 2. The van der Waals surface area contributed by atoms with E-state index < -0.39 is 5.97 Å². The van der Waals surface area contributed by atoms with Gasteiger partial charge < -0.3 is 4.84 Å². The molecule has 3 rings (SSSR count). The normalized spacial score (nSPS) is 15.6. The van der Waals surface area contributed by atoms with E-state index in [0.717, 1.165) is 11.1 Å². The lowest BCUT2D eigenvalue weighted by Crippen LogP contribution is -2.16. The summed E-state index contributed by atoms with van der Waals surface area (Å²) in [6.07, 6.45) is 3.22. The summed E-state index contributed by atoms with van der Waals surface area (Å²) in [5.74, 6) is -0.491. The summed E-state index contributed by atoms with van der Waals surface area (Å²) in [4.78, 5) is 29.9. The van der Waals surface area contributed by atoms with Gasteiger partial charge >= 0.3 is 5.97 Å². The number of benzene rings is 2. The average molecular weight is 359 g/mol. The first-order valence-electron chi connectivity index (χ1n) is 8.85. The minimum Gasteiger partial charge on any atom is -0.312 e. The summed E-state index contributed by atoms with van der Waals surface area (Å²) in [6, 6.07) is 16.9. The van der Waals surface area contributed by atoms with Gasteiger partial charge in [0, 0.05) is 5.57 Å². The molecular weight excluding hydrogens is 338 g/mol. The summed E-state index contributed by atoms with van der Waals surface area (Å²) in [5, 5.41) is 4.01. The Labute approximate surface area is 158 Å². The minimum absolute atomic E-state index is 0.0257. The lowest BCUT2D eigenvalue weighted by Gasteiger charge is -2.14. The fourth-order valence-electron chi connectivity index (χ4n) is 2.91. The number of carbonyl (C=O) groups excluding carboxylic acids is 2. The van der Waals surface area contributed by atoms with Crippen molar-refractivity contribution < 1.29 is 14.4 Å². The lowest BCUT2D eigenvalue weighted by atomic mass is 9.90. The smallest absolute Gasteiger partial charge is 0.312 e. The summed E-state index contributed by atoms with van der Waals surface area (Å²) in [6.45, 7) is 5.66. The zero-order valence-electron chi connectivity index (χ0n) is 15.6. The van der Waals surface area contributed by atoms with E-state index in [2.05, 4.69) is 5.16 Å². The Kier molecular flexibility index (Phi) is 5.46. The van der Waals surface area contributed by atoms with Crippen molar-refractivity contribution in [1.29, 1.82) is 0 Å². The van der Waals surface area contributed by atoms with Crippen molar-refractivity contribution in [3.05, 3.63) is 83.5 Å². The van der Waals surface area contributed by atoms with Crippen LogP contribution >= 0.6 is 0 Å². The Balaban J connectivity index is 1.88. The van der Waals surface area contributed by atoms with E-state index >= 15 is 0 Å². The molecule has 2 aromatic rings. The number of hydrogen-bond acceptors (Lipinski definition) is 4. The standard InChI is InChI=1S/C23H21NO3/c1-15(2)20-14-21(16(3)13-22(20)25)24-27-23(26)19-12-8-7-11-18(19)17-9-5-4-6-10-17/h4-15H,1-3H3/b24-21+. The van der Waals surface area contributed by atoms with Gasteiger partial charge in [0.15, 0.2) is 5.78 Å². The van der Waals surface area contributed by atoms with Crippen LogP contribution in [0.1, 0.15) is 31.1 Å². The number of allylic oxidation sites excluding steroid dienone is 4. The van der Waals surface area contributed by atoms with E-state index in [1.54, 1.807) is 25.1 Å². The fraction of sp³-hybridized carbons (Fsp3) is 0.174. The average Bonchev–Trinajstić information content (AvgIpc) is 2.67. The monoisotopic (exact) mass is 359 g/mol. The minimum atomic E-state index is -0.536. The third-order valence-corrected chi connectivity index (χ3v) is 4.41. The quantitative estimate of drug-likeness (QED) is 0.439. The fourth-order valence-corrected chi connectivity index (χ4v) is 2.91. The van der Waals surface area contributed by atoms with Gasteiger partial charge in [0.2, 0.25) is 0 Å². The first kappa shape index (κ1) is 18.5. The van der Waals surface area contributed by atoms with Crippen molar-refractivity contribution >= 4 is 17.5 Å². The van der Waals surface area contributed by atoms with Crippen LogP contribution in [0, 0.1) is 5.92 Å². The second-order valence-electron chi connectivity index (χ2n) is 6.71. The Bertz CT molecular complexity index is 966. The van der Waals surface area contributed by atoms with Crippen LogP contribution in [-0.4, -0.2) is 17.5 Å². The van der Waals surface area contributed by atoms with E-state index in [0.29, 0.717) is 22.4 Å². The van der Waals surface area contributed by atoms with E-state index in [9.17, 15) is 9.59 Å². The molecule has 27 heavy (non-hydrogen) atoms. The molecule has 2 aromatic carbocycles.